The first-order valence-electron chi connectivity index (χ1n) is 8.90. The third-order valence-corrected chi connectivity index (χ3v) is 4.94. The number of carbonyl (C=O) groups is 2. The molecule has 1 saturated carbocycles. The predicted molar refractivity (Wildman–Crippen MR) is 100 cm³/mol. The molecule has 7 heteroatoms. The van der Waals surface area contributed by atoms with Crippen LogP contribution in [0.3, 0.4) is 0 Å². The van der Waals surface area contributed by atoms with Crippen molar-refractivity contribution in [3.8, 4) is 11.3 Å². The Hall–Kier alpha value is -3.22. The number of nitrogens with zero attached hydrogens (tertiary/aromatic N) is 2. The first kappa shape index (κ1) is 17.2. The van der Waals surface area contributed by atoms with Crippen molar-refractivity contribution in [1.29, 1.82) is 0 Å². The molecule has 3 aromatic rings. The number of fused-ring (bicyclic) bond motifs is 1. The smallest absolute Gasteiger partial charge is 0.314 e. The Morgan fingerprint density at radius 1 is 1.22 bits per heavy atom. The number of aromatic amines is 1. The number of amides is 1. The van der Waals surface area contributed by atoms with E-state index >= 15 is 0 Å². The molecule has 0 unspecified atom stereocenters. The zero-order valence-electron chi connectivity index (χ0n) is 15.1. The van der Waals surface area contributed by atoms with Crippen molar-refractivity contribution in [2.45, 2.75) is 38.1 Å². The zero-order chi connectivity index (χ0) is 19.2. The van der Waals surface area contributed by atoms with E-state index in [1.807, 2.05) is 38.1 Å². The Kier molecular flexibility index (Phi) is 3.95. The molecular formula is C20H20N4O3. The van der Waals surface area contributed by atoms with E-state index in [0.29, 0.717) is 35.3 Å². The highest BCUT2D eigenvalue weighted by Gasteiger charge is 2.51. The summed E-state index contributed by atoms with van der Waals surface area (Å²) in [7, 11) is 0. The SMILES string of the molecule is CC(C)NC(=O)c1c[nH]c2ncc(-c3ccc(C4(C(=O)O)CC4)cc3)nc12. The number of hydrogen-bond acceptors (Lipinski definition) is 4. The van der Waals surface area contributed by atoms with Crippen LogP contribution in [0.1, 0.15) is 42.6 Å². The van der Waals surface area contributed by atoms with Gasteiger partial charge in [0, 0.05) is 17.8 Å². The largest absolute Gasteiger partial charge is 0.481 e. The quantitative estimate of drug-likeness (QED) is 0.645. The Morgan fingerprint density at radius 2 is 1.93 bits per heavy atom. The van der Waals surface area contributed by atoms with E-state index in [-0.39, 0.29) is 11.9 Å². The lowest BCUT2D eigenvalue weighted by Gasteiger charge is -2.11. The number of carbonyl (C=O) groups excluding carboxylic acids is 1. The fraction of sp³-hybridized carbons (Fsp3) is 0.300. The van der Waals surface area contributed by atoms with Crippen LogP contribution in [0.15, 0.2) is 36.7 Å². The fourth-order valence-electron chi connectivity index (χ4n) is 3.25. The van der Waals surface area contributed by atoms with Gasteiger partial charge in [-0.15, -0.1) is 0 Å². The molecule has 0 bridgehead atoms. The average molecular weight is 364 g/mol. The van der Waals surface area contributed by atoms with E-state index < -0.39 is 11.4 Å². The molecule has 4 rings (SSSR count). The number of aliphatic carboxylic acids is 1. The van der Waals surface area contributed by atoms with Crippen LogP contribution in [0.4, 0.5) is 0 Å². The van der Waals surface area contributed by atoms with Crippen LogP contribution < -0.4 is 5.32 Å². The monoisotopic (exact) mass is 364 g/mol. The molecule has 1 aliphatic carbocycles. The summed E-state index contributed by atoms with van der Waals surface area (Å²) in [6.45, 7) is 3.80. The van der Waals surface area contributed by atoms with Gasteiger partial charge in [-0.3, -0.25) is 9.59 Å². The molecule has 0 spiro atoms. The maximum absolute atomic E-state index is 12.3. The van der Waals surface area contributed by atoms with Crippen molar-refractivity contribution in [3.05, 3.63) is 47.8 Å². The van der Waals surface area contributed by atoms with Crippen LogP contribution in [-0.4, -0.2) is 38.0 Å². The van der Waals surface area contributed by atoms with Gasteiger partial charge in [-0.1, -0.05) is 24.3 Å². The van der Waals surface area contributed by atoms with Gasteiger partial charge in [-0.2, -0.15) is 0 Å². The summed E-state index contributed by atoms with van der Waals surface area (Å²) in [5.41, 5.74) is 3.06. The van der Waals surface area contributed by atoms with Gasteiger partial charge in [-0.25, -0.2) is 9.97 Å². The molecule has 0 atom stereocenters. The molecule has 1 aliphatic rings. The Labute approximate surface area is 155 Å². The topological polar surface area (TPSA) is 108 Å². The van der Waals surface area contributed by atoms with Gasteiger partial charge in [0.05, 0.1) is 22.9 Å². The minimum absolute atomic E-state index is 0.0233. The molecule has 27 heavy (non-hydrogen) atoms. The van der Waals surface area contributed by atoms with Crippen molar-refractivity contribution in [2.24, 2.45) is 0 Å². The second kappa shape index (κ2) is 6.19. The second-order valence-corrected chi connectivity index (χ2v) is 7.25. The maximum atomic E-state index is 12.3. The van der Waals surface area contributed by atoms with Crippen molar-refractivity contribution in [1.82, 2.24) is 20.3 Å². The van der Waals surface area contributed by atoms with Crippen LogP contribution in [0.2, 0.25) is 0 Å². The lowest BCUT2D eigenvalue weighted by Crippen LogP contribution is -2.29. The summed E-state index contributed by atoms with van der Waals surface area (Å²) in [5, 5.41) is 12.3. The number of carboxylic acid groups (broad SMARTS) is 1. The van der Waals surface area contributed by atoms with Crippen LogP contribution in [0.5, 0.6) is 0 Å². The molecule has 0 radical (unpaired) electrons. The number of hydrogen-bond donors (Lipinski definition) is 3. The van der Waals surface area contributed by atoms with E-state index in [1.54, 1.807) is 12.4 Å². The van der Waals surface area contributed by atoms with E-state index in [4.69, 9.17) is 0 Å². The van der Waals surface area contributed by atoms with Gasteiger partial charge >= 0.3 is 5.97 Å². The predicted octanol–water partition coefficient (Wildman–Crippen LogP) is 2.88. The van der Waals surface area contributed by atoms with Crippen LogP contribution in [-0.2, 0) is 10.2 Å². The molecule has 138 valence electrons. The van der Waals surface area contributed by atoms with E-state index in [1.165, 1.54) is 0 Å². The third-order valence-electron chi connectivity index (χ3n) is 4.94. The Bertz CT molecular complexity index is 1030. The van der Waals surface area contributed by atoms with Crippen molar-refractivity contribution >= 4 is 23.0 Å². The first-order valence-corrected chi connectivity index (χ1v) is 8.90. The first-order chi connectivity index (χ1) is 12.9. The minimum Gasteiger partial charge on any atom is -0.481 e. The van der Waals surface area contributed by atoms with Crippen molar-refractivity contribution < 1.29 is 14.7 Å². The summed E-state index contributed by atoms with van der Waals surface area (Å²) in [5.74, 6) is -0.972. The number of carboxylic acids is 1. The van der Waals surface area contributed by atoms with E-state index in [2.05, 4.69) is 20.3 Å². The minimum atomic E-state index is -0.774. The van der Waals surface area contributed by atoms with Crippen molar-refractivity contribution in [3.63, 3.8) is 0 Å². The number of rotatable bonds is 5. The third kappa shape index (κ3) is 2.95. The Balaban J connectivity index is 1.68. The van der Waals surface area contributed by atoms with Crippen LogP contribution >= 0.6 is 0 Å². The van der Waals surface area contributed by atoms with Gasteiger partial charge in [-0.05, 0) is 32.3 Å². The van der Waals surface area contributed by atoms with Gasteiger partial charge in [0.15, 0.2) is 5.65 Å². The molecule has 1 aromatic carbocycles. The lowest BCUT2D eigenvalue weighted by atomic mass is 9.95. The summed E-state index contributed by atoms with van der Waals surface area (Å²) < 4.78 is 0. The highest BCUT2D eigenvalue weighted by Crippen LogP contribution is 2.48. The summed E-state index contributed by atoms with van der Waals surface area (Å²) in [6, 6.07) is 7.41. The molecule has 0 saturated heterocycles. The van der Waals surface area contributed by atoms with E-state index in [9.17, 15) is 14.7 Å². The number of benzene rings is 1. The summed E-state index contributed by atoms with van der Waals surface area (Å²) >= 11 is 0. The normalized spacial score (nSPS) is 15.1. The Morgan fingerprint density at radius 3 is 2.52 bits per heavy atom. The average Bonchev–Trinajstić information content (AvgIpc) is 3.35. The molecule has 3 N–H and O–H groups in total. The lowest BCUT2D eigenvalue weighted by molar-refractivity contribution is -0.140. The summed E-state index contributed by atoms with van der Waals surface area (Å²) in [6.07, 6.45) is 4.59. The number of aromatic nitrogens is 3. The number of H-pyrrole nitrogens is 1. The number of nitrogens with one attached hydrogen (secondary N) is 2. The molecule has 7 nitrogen and oxygen atoms in total. The highest BCUT2D eigenvalue weighted by atomic mass is 16.4. The van der Waals surface area contributed by atoms with Crippen LogP contribution in [0.25, 0.3) is 22.4 Å². The highest BCUT2D eigenvalue weighted by molar-refractivity contribution is 6.04. The van der Waals surface area contributed by atoms with Gasteiger partial charge in [0.1, 0.15) is 5.52 Å². The van der Waals surface area contributed by atoms with Gasteiger partial charge in [0.2, 0.25) is 0 Å². The van der Waals surface area contributed by atoms with Crippen LogP contribution in [0, 0.1) is 0 Å². The molecule has 1 amide bonds. The molecular weight excluding hydrogens is 344 g/mol. The maximum Gasteiger partial charge on any atom is 0.314 e. The summed E-state index contributed by atoms with van der Waals surface area (Å²) in [4.78, 5) is 35.8. The zero-order valence-corrected chi connectivity index (χ0v) is 15.1. The molecule has 0 aliphatic heterocycles. The standard InChI is InChI=1S/C20H20N4O3/c1-11(2)23-18(25)14-9-21-17-16(14)24-15(10-22-17)12-3-5-13(6-4-12)20(7-8-20)19(26)27/h3-6,9-11H,7-8H2,1-2H3,(H,21,22)(H,23,25)(H,26,27). The molecule has 2 heterocycles. The van der Waals surface area contributed by atoms with Gasteiger partial charge < -0.3 is 15.4 Å². The second-order valence-electron chi connectivity index (χ2n) is 7.25. The van der Waals surface area contributed by atoms with Crippen molar-refractivity contribution in [2.75, 3.05) is 0 Å². The fourth-order valence-corrected chi connectivity index (χ4v) is 3.25. The van der Waals surface area contributed by atoms with E-state index in [0.717, 1.165) is 11.1 Å². The van der Waals surface area contributed by atoms with Gasteiger partial charge in [0.25, 0.3) is 5.91 Å². The molecule has 1 fully saturated rings. The molecule has 2 aromatic heterocycles.